The Morgan fingerprint density at radius 2 is 1.65 bits per heavy atom. The molecule has 0 saturated carbocycles. The number of aromatic nitrogens is 1. The molecule has 4 aromatic rings. The Balaban J connectivity index is 1.56. The van der Waals surface area contributed by atoms with Crippen molar-refractivity contribution in [3.63, 3.8) is 0 Å². The first-order valence-electron chi connectivity index (χ1n) is 12.8. The van der Waals surface area contributed by atoms with Gasteiger partial charge in [0.2, 0.25) is 5.91 Å². The van der Waals surface area contributed by atoms with Gasteiger partial charge in [0.15, 0.2) is 11.5 Å². The molecule has 1 aromatic heterocycles. The fraction of sp³-hybridized carbons (Fsp3) is 0.258. The van der Waals surface area contributed by atoms with Crippen LogP contribution in [0.5, 0.6) is 17.2 Å². The van der Waals surface area contributed by atoms with Crippen LogP contribution in [0.1, 0.15) is 53.2 Å². The summed E-state index contributed by atoms with van der Waals surface area (Å²) in [5.41, 5.74) is 2.24. The van der Waals surface area contributed by atoms with Gasteiger partial charge in [0.05, 0.1) is 23.8 Å². The smallest absolute Gasteiger partial charge is 0.338 e. The minimum Gasteiger partial charge on any atom is -0.497 e. The van der Waals surface area contributed by atoms with E-state index < -0.39 is 17.5 Å². The van der Waals surface area contributed by atoms with Crippen molar-refractivity contribution in [2.24, 2.45) is 0 Å². The number of carbonyl (C=O) groups excluding carboxylic acids is 3. The summed E-state index contributed by atoms with van der Waals surface area (Å²) in [6.07, 6.45) is 1.50. The molecule has 1 aliphatic rings. The summed E-state index contributed by atoms with van der Waals surface area (Å²) in [5, 5.41) is 3.46. The Labute approximate surface area is 231 Å². The van der Waals surface area contributed by atoms with Gasteiger partial charge in [-0.25, -0.2) is 4.79 Å². The molecular weight excluding hydrogens is 512 g/mol. The molecule has 0 spiro atoms. The van der Waals surface area contributed by atoms with Crippen LogP contribution < -0.4 is 19.5 Å². The predicted octanol–water partition coefficient (Wildman–Crippen LogP) is 5.96. The molecule has 9 nitrogen and oxygen atoms in total. The second-order valence-electron chi connectivity index (χ2n) is 10.4. The molecule has 3 aromatic carbocycles. The Hall–Kier alpha value is -4.79. The summed E-state index contributed by atoms with van der Waals surface area (Å²) >= 11 is 0. The first kappa shape index (κ1) is 26.8. The molecule has 206 valence electrons. The third-order valence-corrected chi connectivity index (χ3v) is 6.30. The van der Waals surface area contributed by atoms with Gasteiger partial charge in [-0.2, -0.15) is 0 Å². The van der Waals surface area contributed by atoms with Crippen LogP contribution in [0.15, 0.2) is 60.8 Å². The first-order valence-corrected chi connectivity index (χ1v) is 12.8. The van der Waals surface area contributed by atoms with Crippen molar-refractivity contribution in [2.45, 2.75) is 33.3 Å². The van der Waals surface area contributed by atoms with Crippen LogP contribution >= 0.6 is 0 Å². The summed E-state index contributed by atoms with van der Waals surface area (Å²) in [5.74, 6) is 0.581. The molecule has 5 rings (SSSR count). The number of nitrogens with zero attached hydrogens (tertiary/aromatic N) is 1. The average Bonchev–Trinajstić information content (AvgIpc) is 3.31. The molecule has 1 N–H and O–H groups in total. The van der Waals surface area contributed by atoms with Crippen LogP contribution in [0.25, 0.3) is 22.0 Å². The lowest BCUT2D eigenvalue weighted by molar-refractivity contribution is 0.00693. The van der Waals surface area contributed by atoms with Crippen molar-refractivity contribution < 1.29 is 33.3 Å². The van der Waals surface area contributed by atoms with E-state index in [-0.39, 0.29) is 17.0 Å². The highest BCUT2D eigenvalue weighted by atomic mass is 16.6. The van der Waals surface area contributed by atoms with Gasteiger partial charge < -0.3 is 24.3 Å². The van der Waals surface area contributed by atoms with Gasteiger partial charge in [-0.3, -0.25) is 14.2 Å². The monoisotopic (exact) mass is 542 g/mol. The number of hydrogen-bond acceptors (Lipinski definition) is 7. The van der Waals surface area contributed by atoms with Gasteiger partial charge in [-0.1, -0.05) is 6.07 Å². The van der Waals surface area contributed by atoms with Gasteiger partial charge in [-0.05, 0) is 80.4 Å². The van der Waals surface area contributed by atoms with E-state index in [1.807, 2.05) is 18.2 Å². The molecule has 1 amide bonds. The van der Waals surface area contributed by atoms with Gasteiger partial charge in [-0.15, -0.1) is 0 Å². The van der Waals surface area contributed by atoms with Crippen molar-refractivity contribution in [3.05, 3.63) is 71.9 Å². The fourth-order valence-electron chi connectivity index (χ4n) is 4.52. The lowest BCUT2D eigenvalue weighted by Crippen LogP contribution is -2.24. The topological polar surface area (TPSA) is 105 Å². The number of anilines is 1. The molecular formula is C31H30N2O7. The maximum atomic E-state index is 13.6. The third kappa shape index (κ3) is 5.49. The number of amides is 1. The van der Waals surface area contributed by atoms with E-state index in [4.69, 9.17) is 18.9 Å². The number of benzene rings is 3. The Bertz CT molecular complexity index is 1650. The summed E-state index contributed by atoms with van der Waals surface area (Å²) in [6.45, 7) is 7.71. The number of carbonyl (C=O) groups is 3. The zero-order valence-electron chi connectivity index (χ0n) is 23.0. The number of ether oxygens (including phenoxy) is 4. The lowest BCUT2D eigenvalue weighted by Gasteiger charge is -2.21. The van der Waals surface area contributed by atoms with E-state index in [0.29, 0.717) is 52.6 Å². The molecule has 0 bridgehead atoms. The molecule has 0 saturated heterocycles. The number of rotatable bonds is 5. The molecule has 0 unspecified atom stereocenters. The number of esters is 1. The second-order valence-corrected chi connectivity index (χ2v) is 10.4. The zero-order chi connectivity index (χ0) is 28.6. The molecule has 0 atom stereocenters. The van der Waals surface area contributed by atoms with E-state index in [2.05, 4.69) is 5.32 Å². The lowest BCUT2D eigenvalue weighted by atomic mass is 10.0. The highest BCUT2D eigenvalue weighted by Gasteiger charge is 2.22. The summed E-state index contributed by atoms with van der Waals surface area (Å²) in [4.78, 5) is 38.9. The van der Waals surface area contributed by atoms with Gasteiger partial charge in [0.1, 0.15) is 24.6 Å². The second kappa shape index (κ2) is 10.4. The molecule has 0 fully saturated rings. The highest BCUT2D eigenvalue weighted by Crippen LogP contribution is 2.36. The van der Waals surface area contributed by atoms with E-state index in [1.54, 1.807) is 57.2 Å². The summed E-state index contributed by atoms with van der Waals surface area (Å²) in [6, 6.07) is 15.7. The fourth-order valence-corrected chi connectivity index (χ4v) is 4.52. The standard InChI is InChI=1S/C31H30N2O7/c1-18(34)33-17-25(24-16-23(37-5)7-8-26(24)33)29(35)32-22-13-20(12-21(14-22)30(36)40-31(2,3)4)19-6-9-27-28(15-19)39-11-10-38-27/h6-9,12-17H,10-11H2,1-5H3,(H,32,35). The van der Waals surface area contributed by atoms with Crippen molar-refractivity contribution >= 4 is 34.4 Å². The van der Waals surface area contributed by atoms with Crippen LogP contribution in [0.2, 0.25) is 0 Å². The van der Waals surface area contributed by atoms with E-state index in [1.165, 1.54) is 24.8 Å². The predicted molar refractivity (Wildman–Crippen MR) is 151 cm³/mol. The van der Waals surface area contributed by atoms with E-state index in [9.17, 15) is 14.4 Å². The van der Waals surface area contributed by atoms with Crippen LogP contribution in [0, 0.1) is 0 Å². The summed E-state index contributed by atoms with van der Waals surface area (Å²) in [7, 11) is 1.53. The number of methoxy groups -OCH3 is 1. The van der Waals surface area contributed by atoms with Crippen LogP contribution in [0.4, 0.5) is 5.69 Å². The summed E-state index contributed by atoms with van der Waals surface area (Å²) < 4.78 is 23.7. The molecule has 9 heteroatoms. The third-order valence-electron chi connectivity index (χ3n) is 6.30. The van der Waals surface area contributed by atoms with E-state index in [0.717, 1.165) is 5.56 Å². The van der Waals surface area contributed by atoms with Crippen LogP contribution in [0.3, 0.4) is 0 Å². The highest BCUT2D eigenvalue weighted by molar-refractivity contribution is 6.15. The molecule has 1 aliphatic heterocycles. The molecule has 40 heavy (non-hydrogen) atoms. The minimum atomic E-state index is -0.707. The van der Waals surface area contributed by atoms with Gasteiger partial charge >= 0.3 is 5.97 Å². The number of nitrogens with one attached hydrogen (secondary N) is 1. The Kier molecular flexibility index (Phi) is 6.97. The SMILES string of the molecule is COc1ccc2c(c1)c(C(=O)Nc1cc(C(=O)OC(C)(C)C)cc(-c3ccc4c(c3)OCCO4)c1)cn2C(C)=O. The van der Waals surface area contributed by atoms with E-state index >= 15 is 0 Å². The van der Waals surface area contributed by atoms with Crippen LogP contribution in [-0.2, 0) is 4.74 Å². The maximum Gasteiger partial charge on any atom is 0.338 e. The number of hydrogen-bond donors (Lipinski definition) is 1. The van der Waals surface area contributed by atoms with Gasteiger partial charge in [0, 0.05) is 24.2 Å². The van der Waals surface area contributed by atoms with Crippen LogP contribution in [-0.4, -0.2) is 48.3 Å². The molecule has 0 radical (unpaired) electrons. The largest absolute Gasteiger partial charge is 0.497 e. The first-order chi connectivity index (χ1) is 19.0. The normalized spacial score (nSPS) is 12.6. The van der Waals surface area contributed by atoms with Crippen molar-refractivity contribution in [3.8, 4) is 28.4 Å². The molecule has 0 aliphatic carbocycles. The Morgan fingerprint density at radius 1 is 0.900 bits per heavy atom. The van der Waals surface area contributed by atoms with Crippen molar-refractivity contribution in [1.82, 2.24) is 4.57 Å². The molecule has 2 heterocycles. The Morgan fingerprint density at radius 3 is 2.35 bits per heavy atom. The van der Waals surface area contributed by atoms with Crippen molar-refractivity contribution in [2.75, 3.05) is 25.6 Å². The number of fused-ring (bicyclic) bond motifs is 2. The maximum absolute atomic E-state index is 13.6. The minimum absolute atomic E-state index is 0.234. The zero-order valence-corrected chi connectivity index (χ0v) is 23.0. The van der Waals surface area contributed by atoms with Crippen molar-refractivity contribution in [1.29, 1.82) is 0 Å². The van der Waals surface area contributed by atoms with Gasteiger partial charge in [0.25, 0.3) is 5.91 Å². The quantitative estimate of drug-likeness (QED) is 0.311. The average molecular weight is 543 g/mol.